The second kappa shape index (κ2) is 32.0. The van der Waals surface area contributed by atoms with Gasteiger partial charge in [-0.2, -0.15) is 0 Å². The lowest BCUT2D eigenvalue weighted by molar-refractivity contribution is -0.153. The van der Waals surface area contributed by atoms with E-state index in [2.05, 4.69) is 20.5 Å². The highest BCUT2D eigenvalue weighted by Crippen LogP contribution is 2.36. The van der Waals surface area contributed by atoms with Crippen LogP contribution in [0.5, 0.6) is 0 Å². The van der Waals surface area contributed by atoms with Crippen LogP contribution in [0.3, 0.4) is 0 Å². The van der Waals surface area contributed by atoms with E-state index in [0.717, 1.165) is 22.0 Å². The first-order valence-corrected chi connectivity index (χ1v) is 29.6. The highest BCUT2D eigenvalue weighted by atomic mass is 31.2. The van der Waals surface area contributed by atoms with E-state index in [1.54, 1.807) is 61.0 Å². The minimum atomic E-state index is -4.99. The summed E-state index contributed by atoms with van der Waals surface area (Å²) in [6, 6.07) is 10.7. The number of phosphoric acid groups is 1. The first-order valence-electron chi connectivity index (χ1n) is 28.1. The number of likely N-dealkylation sites (tertiary alicyclic amines) is 1. The number of carbonyl (C=O) groups is 9. The molecular weight excluding hydrogens is 1100 g/mol. The number of anilines is 1. The first-order chi connectivity index (χ1) is 39.0. The Morgan fingerprint density at radius 3 is 1.99 bits per heavy atom. The Morgan fingerprint density at radius 2 is 1.45 bits per heavy atom. The first kappa shape index (κ1) is 69.1. The Balaban J connectivity index is 1.48. The zero-order valence-electron chi connectivity index (χ0n) is 50.1. The molecule has 2 heterocycles. The molecule has 4 rings (SSSR count). The van der Waals surface area contributed by atoms with Crippen molar-refractivity contribution < 1.29 is 76.2 Å². The predicted molar refractivity (Wildman–Crippen MR) is 308 cm³/mol. The van der Waals surface area contributed by atoms with Gasteiger partial charge >= 0.3 is 13.8 Å². The number of benzene rings is 2. The van der Waals surface area contributed by atoms with Gasteiger partial charge in [-0.25, -0.2) is 4.57 Å². The Labute approximate surface area is 487 Å². The van der Waals surface area contributed by atoms with Crippen molar-refractivity contribution >= 4 is 66.7 Å². The zero-order chi connectivity index (χ0) is 62.0. The van der Waals surface area contributed by atoms with Gasteiger partial charge in [0.25, 0.3) is 17.7 Å². The maximum atomic E-state index is 14.6. The van der Waals surface area contributed by atoms with Crippen molar-refractivity contribution in [1.29, 1.82) is 0 Å². The zero-order valence-corrected chi connectivity index (χ0v) is 51.0. The highest BCUT2D eigenvalue weighted by Gasteiger charge is 2.44. The molecule has 5 N–H and O–H groups in total. The molecule has 1 fully saturated rings. The number of methoxy groups -OCH3 is 2. The molecule has 0 aromatic heterocycles. The maximum absolute atomic E-state index is 14.6. The van der Waals surface area contributed by atoms with E-state index < -0.39 is 117 Å². The van der Waals surface area contributed by atoms with E-state index in [0.29, 0.717) is 31.4 Å². The summed E-state index contributed by atoms with van der Waals surface area (Å²) in [6.07, 6.45) is 1.06. The minimum Gasteiger partial charge on any atom is -0.454 e. The van der Waals surface area contributed by atoms with Crippen LogP contribution in [0.4, 0.5) is 5.69 Å². The number of amides is 8. The number of likely N-dealkylation sites (N-methyl/N-ethyl adjacent to an activating group) is 2. The average Bonchev–Trinajstić information content (AvgIpc) is 4.20. The minimum absolute atomic E-state index is 0.0149. The quantitative estimate of drug-likeness (QED) is 0.0394. The van der Waals surface area contributed by atoms with E-state index in [9.17, 15) is 57.5 Å². The van der Waals surface area contributed by atoms with Gasteiger partial charge in [0.1, 0.15) is 18.7 Å². The van der Waals surface area contributed by atoms with Gasteiger partial charge < -0.3 is 54.6 Å². The molecule has 2 aromatic rings. The molecule has 2 aromatic carbocycles. The summed E-state index contributed by atoms with van der Waals surface area (Å²) < 4.78 is 34.3. The van der Waals surface area contributed by atoms with Gasteiger partial charge in [0, 0.05) is 70.7 Å². The molecule has 83 heavy (non-hydrogen) atoms. The van der Waals surface area contributed by atoms with Crippen LogP contribution >= 0.6 is 7.82 Å². The third-order valence-electron chi connectivity index (χ3n) is 15.3. The molecule has 460 valence electrons. The lowest BCUT2D eigenvalue weighted by Gasteiger charge is -2.41. The van der Waals surface area contributed by atoms with Crippen molar-refractivity contribution in [2.75, 3.05) is 73.5 Å². The number of nitrogens with one attached hydrogen (secondary N) is 3. The van der Waals surface area contributed by atoms with Crippen molar-refractivity contribution in [3.63, 3.8) is 0 Å². The standard InChI is InChI=1S/C58H87N8O16P/c1-14-37(6)52(63(11)58(75)50(35(2)3)61-56(73)51(36(4)5)62(9)10)44(79-12)33-48(70)65-29-18-21-43(65)53(80-13)38(7)55(72)59-39(8)54(40-19-16-15-17-20-40)82-49(71)34-64(31-32-81-83(76,77)78)57(74)41-22-24-42(25-23-41)60-45(67)28-30-66-46(68)26-27-47(66)69/h15-17,19-20,22-27,35-39,43-44,50-54H,14,18,21,28-34H2,1-13H3,(H,59,72)(H,60,67)(H,61,73)(H2,76,77,78)/t37-,38+,39+,43-,44+,50-,51-,52-,53+,54+/m0/s1. The fraction of sp³-hybridized carbons (Fsp3) is 0.603. The van der Waals surface area contributed by atoms with Crippen molar-refractivity contribution in [3.8, 4) is 0 Å². The summed E-state index contributed by atoms with van der Waals surface area (Å²) in [4.78, 5) is 147. The Bertz CT molecular complexity index is 2610. The fourth-order valence-electron chi connectivity index (χ4n) is 10.8. The van der Waals surface area contributed by atoms with Gasteiger partial charge in [-0.15, -0.1) is 0 Å². The Kier molecular flexibility index (Phi) is 26.7. The normalized spacial score (nSPS) is 17.8. The number of rotatable bonds is 32. The number of hydrogen-bond donors (Lipinski definition) is 5. The van der Waals surface area contributed by atoms with Crippen LogP contribution in [0.25, 0.3) is 0 Å². The molecule has 8 amide bonds. The number of ether oxygens (including phenoxy) is 3. The molecule has 0 aliphatic carbocycles. The predicted octanol–water partition coefficient (Wildman–Crippen LogP) is 3.93. The van der Waals surface area contributed by atoms with Crippen molar-refractivity contribution in [2.24, 2.45) is 23.7 Å². The van der Waals surface area contributed by atoms with Gasteiger partial charge in [-0.3, -0.25) is 57.5 Å². The molecule has 25 heteroatoms. The second-order valence-electron chi connectivity index (χ2n) is 22.2. The largest absolute Gasteiger partial charge is 0.469 e. The molecule has 24 nitrogen and oxygen atoms in total. The second-order valence-corrected chi connectivity index (χ2v) is 23.4. The van der Waals surface area contributed by atoms with E-state index in [1.165, 1.54) is 38.5 Å². The van der Waals surface area contributed by atoms with Crippen LogP contribution in [-0.2, 0) is 61.7 Å². The van der Waals surface area contributed by atoms with Gasteiger partial charge in [0.15, 0.2) is 0 Å². The number of esters is 1. The SMILES string of the molecule is CC[C@H](C)[C@@H]([C@@H](CC(=O)N1CCC[C@H]1[C@H](OC)[C@@H](C)C(=O)N[C@H](C)[C@@H](OC(=O)CN(CCOP(=O)(O)O)C(=O)c1ccc(NC(=O)CCN2C(=O)C=CC2=O)cc1)c1ccccc1)OC)N(C)C(=O)[C@@H](NC(=O)[C@H](C(C)C)N(C)C)C(C)C. The fourth-order valence-corrected chi connectivity index (χ4v) is 11.1. The molecule has 0 saturated carbocycles. The van der Waals surface area contributed by atoms with Crippen molar-refractivity contribution in [2.45, 2.75) is 136 Å². The molecule has 2 aliphatic rings. The molecule has 10 atom stereocenters. The van der Waals surface area contributed by atoms with Gasteiger partial charge in [0.05, 0.1) is 55.3 Å². The highest BCUT2D eigenvalue weighted by molar-refractivity contribution is 7.46. The monoisotopic (exact) mass is 1180 g/mol. The third-order valence-corrected chi connectivity index (χ3v) is 15.8. The number of nitrogens with zero attached hydrogens (tertiary/aromatic N) is 5. The van der Waals surface area contributed by atoms with Crippen LogP contribution in [0.1, 0.15) is 110 Å². The third kappa shape index (κ3) is 19.6. The summed E-state index contributed by atoms with van der Waals surface area (Å²) in [7, 11) is 3.31. The number of imide groups is 1. The summed E-state index contributed by atoms with van der Waals surface area (Å²) >= 11 is 0. The van der Waals surface area contributed by atoms with Crippen LogP contribution < -0.4 is 16.0 Å². The van der Waals surface area contributed by atoms with Crippen LogP contribution in [0, 0.1) is 23.7 Å². The van der Waals surface area contributed by atoms with E-state index in [1.807, 2.05) is 60.5 Å². The summed E-state index contributed by atoms with van der Waals surface area (Å²) in [5.74, 6) is -5.84. The van der Waals surface area contributed by atoms with Crippen LogP contribution in [-0.4, -0.2) is 198 Å². The summed E-state index contributed by atoms with van der Waals surface area (Å²) in [5.41, 5.74) is 0.766. The van der Waals surface area contributed by atoms with E-state index >= 15 is 0 Å². The lowest BCUT2D eigenvalue weighted by atomic mass is 9.89. The van der Waals surface area contributed by atoms with Crippen LogP contribution in [0.2, 0.25) is 0 Å². The smallest absolute Gasteiger partial charge is 0.454 e. The Morgan fingerprint density at radius 1 is 0.819 bits per heavy atom. The molecule has 0 radical (unpaired) electrons. The number of hydrogen-bond acceptors (Lipinski definition) is 15. The number of carbonyl (C=O) groups excluding carboxylic acids is 9. The van der Waals surface area contributed by atoms with E-state index in [-0.39, 0.29) is 66.1 Å². The molecule has 2 aliphatic heterocycles. The van der Waals surface area contributed by atoms with Crippen molar-refractivity contribution in [1.82, 2.24) is 35.1 Å². The molecule has 0 spiro atoms. The Hall–Kier alpha value is -6.40. The van der Waals surface area contributed by atoms with Crippen LogP contribution in [0.15, 0.2) is 66.7 Å². The molecule has 0 bridgehead atoms. The molecular formula is C58H87N8O16P. The number of phosphoric ester groups is 1. The topological polar surface area (TPSA) is 300 Å². The van der Waals surface area contributed by atoms with Gasteiger partial charge in [0.2, 0.25) is 29.5 Å². The summed E-state index contributed by atoms with van der Waals surface area (Å²) in [5, 5.41) is 8.61. The summed E-state index contributed by atoms with van der Waals surface area (Å²) in [6.45, 7) is 13.3. The maximum Gasteiger partial charge on any atom is 0.469 e. The van der Waals surface area contributed by atoms with E-state index in [4.69, 9.17) is 14.2 Å². The van der Waals surface area contributed by atoms with Crippen molar-refractivity contribution in [3.05, 3.63) is 77.9 Å². The molecule has 0 unspecified atom stereocenters. The van der Waals surface area contributed by atoms with Gasteiger partial charge in [-0.05, 0) is 81.4 Å². The lowest BCUT2D eigenvalue weighted by Crippen LogP contribution is -2.59. The molecule has 1 saturated heterocycles. The average molecular weight is 1180 g/mol. The van der Waals surface area contributed by atoms with Gasteiger partial charge in [-0.1, -0.05) is 85.2 Å².